The third-order valence-electron chi connectivity index (χ3n) is 2.79. The van der Waals surface area contributed by atoms with Gasteiger partial charge in [-0.3, -0.25) is 4.79 Å². The molecular weight excluding hydrogens is 240 g/mol. The van der Waals surface area contributed by atoms with Gasteiger partial charge in [0.25, 0.3) is 5.91 Å². The van der Waals surface area contributed by atoms with Gasteiger partial charge in [0.1, 0.15) is 0 Å². The van der Waals surface area contributed by atoms with E-state index in [9.17, 15) is 4.79 Å². The van der Waals surface area contributed by atoms with E-state index in [0.717, 1.165) is 30.7 Å². The van der Waals surface area contributed by atoms with Crippen molar-refractivity contribution < 1.29 is 9.53 Å². The first-order valence-corrected chi connectivity index (χ1v) is 6.83. The van der Waals surface area contributed by atoms with Crippen molar-refractivity contribution in [1.29, 1.82) is 0 Å². The highest BCUT2D eigenvalue weighted by Crippen LogP contribution is 2.16. The van der Waals surface area contributed by atoms with Crippen LogP contribution in [0.1, 0.15) is 35.7 Å². The summed E-state index contributed by atoms with van der Waals surface area (Å²) in [4.78, 5) is 12.0. The molecule has 19 heavy (non-hydrogen) atoms. The molecule has 0 unspecified atom stereocenters. The molecule has 0 spiro atoms. The summed E-state index contributed by atoms with van der Waals surface area (Å²) >= 11 is 0. The zero-order valence-corrected chi connectivity index (χ0v) is 12.1. The van der Waals surface area contributed by atoms with Crippen LogP contribution in [0.4, 0.5) is 5.69 Å². The summed E-state index contributed by atoms with van der Waals surface area (Å²) in [6.07, 6.45) is 1.87. The van der Waals surface area contributed by atoms with Gasteiger partial charge in [0.15, 0.2) is 0 Å². The number of anilines is 1. The fourth-order valence-electron chi connectivity index (χ4n) is 1.78. The van der Waals surface area contributed by atoms with Gasteiger partial charge in [-0.2, -0.15) is 0 Å². The number of nitrogens with one attached hydrogen (secondary N) is 2. The Morgan fingerprint density at radius 2 is 2.11 bits per heavy atom. The topological polar surface area (TPSA) is 50.4 Å². The summed E-state index contributed by atoms with van der Waals surface area (Å²) in [7, 11) is 1.82. The van der Waals surface area contributed by atoms with E-state index in [1.165, 1.54) is 0 Å². The van der Waals surface area contributed by atoms with Gasteiger partial charge < -0.3 is 15.4 Å². The second-order valence-corrected chi connectivity index (χ2v) is 4.52. The van der Waals surface area contributed by atoms with E-state index in [1.807, 2.05) is 32.2 Å². The van der Waals surface area contributed by atoms with Crippen LogP contribution in [0.2, 0.25) is 0 Å². The van der Waals surface area contributed by atoms with E-state index in [-0.39, 0.29) is 5.91 Å². The minimum atomic E-state index is -0.0418. The summed E-state index contributed by atoms with van der Waals surface area (Å²) in [5.41, 5.74) is 2.68. The van der Waals surface area contributed by atoms with E-state index in [2.05, 4.69) is 17.6 Å². The third-order valence-corrected chi connectivity index (χ3v) is 2.79. The Kier molecular flexibility index (Phi) is 6.97. The highest BCUT2D eigenvalue weighted by Gasteiger charge is 2.09. The molecule has 1 amide bonds. The SMILES string of the molecule is CCCOCCCNC(=O)c1ccc(C)cc1NC. The molecule has 0 radical (unpaired) electrons. The molecule has 0 aromatic heterocycles. The highest BCUT2D eigenvalue weighted by atomic mass is 16.5. The number of hydrogen-bond donors (Lipinski definition) is 2. The molecule has 1 rings (SSSR count). The Balaban J connectivity index is 2.41. The maximum Gasteiger partial charge on any atom is 0.253 e. The van der Waals surface area contributed by atoms with Crippen molar-refractivity contribution in [1.82, 2.24) is 5.32 Å². The minimum Gasteiger partial charge on any atom is -0.387 e. The van der Waals surface area contributed by atoms with Gasteiger partial charge in [0.05, 0.1) is 5.56 Å². The molecular formula is C15H24N2O2. The molecule has 1 aromatic carbocycles. The van der Waals surface area contributed by atoms with Crippen molar-refractivity contribution in [2.24, 2.45) is 0 Å². The largest absolute Gasteiger partial charge is 0.387 e. The normalized spacial score (nSPS) is 10.3. The average molecular weight is 264 g/mol. The van der Waals surface area contributed by atoms with Crippen LogP contribution in [-0.4, -0.2) is 32.7 Å². The van der Waals surface area contributed by atoms with Crippen LogP contribution in [0.5, 0.6) is 0 Å². The molecule has 0 saturated heterocycles. The molecule has 0 fully saturated rings. The number of carbonyl (C=O) groups is 1. The van der Waals surface area contributed by atoms with Crippen LogP contribution in [0, 0.1) is 6.92 Å². The predicted molar refractivity (Wildman–Crippen MR) is 78.8 cm³/mol. The second kappa shape index (κ2) is 8.53. The van der Waals surface area contributed by atoms with Crippen molar-refractivity contribution in [3.8, 4) is 0 Å². The first-order valence-electron chi connectivity index (χ1n) is 6.83. The lowest BCUT2D eigenvalue weighted by Crippen LogP contribution is -2.26. The summed E-state index contributed by atoms with van der Waals surface area (Å²) in [6, 6.07) is 5.77. The number of hydrogen-bond acceptors (Lipinski definition) is 3. The molecule has 2 N–H and O–H groups in total. The molecule has 0 atom stereocenters. The van der Waals surface area contributed by atoms with E-state index in [1.54, 1.807) is 0 Å². The van der Waals surface area contributed by atoms with Gasteiger partial charge in [-0.1, -0.05) is 13.0 Å². The Morgan fingerprint density at radius 1 is 1.32 bits per heavy atom. The van der Waals surface area contributed by atoms with Crippen LogP contribution in [0.3, 0.4) is 0 Å². The summed E-state index contributed by atoms with van der Waals surface area (Å²) in [6.45, 7) is 6.21. The average Bonchev–Trinajstić information content (AvgIpc) is 2.42. The number of rotatable bonds is 8. The van der Waals surface area contributed by atoms with Gasteiger partial charge in [0.2, 0.25) is 0 Å². The Morgan fingerprint density at radius 3 is 2.79 bits per heavy atom. The lowest BCUT2D eigenvalue weighted by Gasteiger charge is -2.10. The zero-order chi connectivity index (χ0) is 14.1. The van der Waals surface area contributed by atoms with E-state index < -0.39 is 0 Å². The maximum absolute atomic E-state index is 12.0. The van der Waals surface area contributed by atoms with Crippen LogP contribution in [-0.2, 0) is 4.74 Å². The fourth-order valence-corrected chi connectivity index (χ4v) is 1.78. The van der Waals surface area contributed by atoms with Crippen LogP contribution >= 0.6 is 0 Å². The maximum atomic E-state index is 12.0. The number of aryl methyl sites for hydroxylation is 1. The van der Waals surface area contributed by atoms with Gasteiger partial charge in [-0.05, 0) is 37.5 Å². The Hall–Kier alpha value is -1.55. The van der Waals surface area contributed by atoms with Crippen molar-refractivity contribution in [3.63, 3.8) is 0 Å². The van der Waals surface area contributed by atoms with Crippen molar-refractivity contribution in [2.45, 2.75) is 26.7 Å². The molecule has 0 saturated carbocycles. The minimum absolute atomic E-state index is 0.0418. The van der Waals surface area contributed by atoms with Crippen molar-refractivity contribution in [2.75, 3.05) is 32.1 Å². The third kappa shape index (κ3) is 5.30. The molecule has 1 aromatic rings. The lowest BCUT2D eigenvalue weighted by atomic mass is 10.1. The van der Waals surface area contributed by atoms with Gasteiger partial charge in [0, 0.05) is 32.5 Å². The number of amides is 1. The van der Waals surface area contributed by atoms with Crippen LogP contribution in [0.15, 0.2) is 18.2 Å². The first-order chi connectivity index (χ1) is 9.19. The second-order valence-electron chi connectivity index (χ2n) is 4.52. The number of carbonyl (C=O) groups excluding carboxylic acids is 1. The highest BCUT2D eigenvalue weighted by molar-refractivity contribution is 5.99. The first kappa shape index (κ1) is 15.5. The van der Waals surface area contributed by atoms with E-state index in [0.29, 0.717) is 18.7 Å². The number of benzene rings is 1. The molecule has 4 nitrogen and oxygen atoms in total. The summed E-state index contributed by atoms with van der Waals surface area (Å²) in [5, 5.41) is 5.96. The Bertz CT molecular complexity index is 405. The molecule has 0 aliphatic heterocycles. The lowest BCUT2D eigenvalue weighted by molar-refractivity contribution is 0.0942. The molecule has 106 valence electrons. The quantitative estimate of drug-likeness (QED) is 0.710. The number of ether oxygens (including phenoxy) is 1. The van der Waals surface area contributed by atoms with Gasteiger partial charge >= 0.3 is 0 Å². The van der Waals surface area contributed by atoms with Crippen LogP contribution in [0.25, 0.3) is 0 Å². The summed E-state index contributed by atoms with van der Waals surface area (Å²) < 4.78 is 5.37. The van der Waals surface area contributed by atoms with Crippen LogP contribution < -0.4 is 10.6 Å². The molecule has 4 heteroatoms. The van der Waals surface area contributed by atoms with Crippen molar-refractivity contribution >= 4 is 11.6 Å². The monoisotopic (exact) mass is 264 g/mol. The standard InChI is InChI=1S/C15H24N2O2/c1-4-9-19-10-5-8-17-15(18)13-7-6-12(2)11-14(13)16-3/h6-7,11,16H,4-5,8-10H2,1-3H3,(H,17,18). The fraction of sp³-hybridized carbons (Fsp3) is 0.533. The van der Waals surface area contributed by atoms with Gasteiger partial charge in [-0.25, -0.2) is 0 Å². The van der Waals surface area contributed by atoms with Crippen molar-refractivity contribution in [3.05, 3.63) is 29.3 Å². The molecule has 0 aliphatic carbocycles. The molecule has 0 aliphatic rings. The molecule has 0 heterocycles. The van der Waals surface area contributed by atoms with E-state index >= 15 is 0 Å². The van der Waals surface area contributed by atoms with Gasteiger partial charge in [-0.15, -0.1) is 0 Å². The van der Waals surface area contributed by atoms with E-state index in [4.69, 9.17) is 4.74 Å². The predicted octanol–water partition coefficient (Wildman–Crippen LogP) is 2.58. The zero-order valence-electron chi connectivity index (χ0n) is 12.1. The Labute approximate surface area is 115 Å². The summed E-state index contributed by atoms with van der Waals surface area (Å²) in [5.74, 6) is -0.0418. The molecule has 0 bridgehead atoms. The smallest absolute Gasteiger partial charge is 0.253 e.